The highest BCUT2D eigenvalue weighted by Crippen LogP contribution is 2.31. The van der Waals surface area contributed by atoms with Crippen LogP contribution in [0, 0.1) is 0 Å². The van der Waals surface area contributed by atoms with Crippen molar-refractivity contribution in [2.75, 3.05) is 18.4 Å². The molecule has 0 saturated carbocycles. The van der Waals surface area contributed by atoms with Gasteiger partial charge in [-0.1, -0.05) is 38.1 Å². The fourth-order valence-corrected chi connectivity index (χ4v) is 3.58. The first kappa shape index (κ1) is 17.2. The largest absolute Gasteiger partial charge is 0.323 e. The lowest BCUT2D eigenvalue weighted by Crippen LogP contribution is -2.42. The van der Waals surface area contributed by atoms with Crippen LogP contribution in [0.1, 0.15) is 25.0 Å². The lowest BCUT2D eigenvalue weighted by molar-refractivity contribution is 0.202. The number of amides is 2. The van der Waals surface area contributed by atoms with Gasteiger partial charge in [-0.2, -0.15) is 5.10 Å². The highest BCUT2D eigenvalue weighted by atomic mass is 16.2. The minimum absolute atomic E-state index is 0.105. The van der Waals surface area contributed by atoms with Crippen molar-refractivity contribution in [3.8, 4) is 5.95 Å². The predicted molar refractivity (Wildman–Crippen MR) is 103 cm³/mol. The van der Waals surface area contributed by atoms with Crippen LogP contribution in [0.15, 0.2) is 55.1 Å². The molecule has 0 aliphatic carbocycles. The van der Waals surface area contributed by atoms with Gasteiger partial charge in [0.2, 0.25) is 5.95 Å². The number of nitrogens with one attached hydrogen (secondary N) is 1. The van der Waals surface area contributed by atoms with Gasteiger partial charge in [0.25, 0.3) is 0 Å². The zero-order valence-corrected chi connectivity index (χ0v) is 15.5. The van der Waals surface area contributed by atoms with E-state index in [1.54, 1.807) is 30.9 Å². The van der Waals surface area contributed by atoms with Crippen molar-refractivity contribution in [1.29, 1.82) is 0 Å². The van der Waals surface area contributed by atoms with Gasteiger partial charge < -0.3 is 10.2 Å². The normalized spacial score (nSPS) is 15.7. The van der Waals surface area contributed by atoms with E-state index in [2.05, 4.69) is 58.5 Å². The van der Waals surface area contributed by atoms with E-state index in [0.29, 0.717) is 24.7 Å². The second kappa shape index (κ2) is 6.83. The van der Waals surface area contributed by atoms with E-state index >= 15 is 0 Å². The number of rotatable bonds is 2. The highest BCUT2D eigenvalue weighted by molar-refractivity contribution is 5.89. The van der Waals surface area contributed by atoms with Crippen LogP contribution in [0.5, 0.6) is 0 Å². The third kappa shape index (κ3) is 3.53. The summed E-state index contributed by atoms with van der Waals surface area (Å²) in [5.74, 6) is 0.462. The van der Waals surface area contributed by atoms with Gasteiger partial charge in [-0.15, -0.1) is 0 Å². The lowest BCUT2D eigenvalue weighted by atomic mass is 9.82. The van der Waals surface area contributed by atoms with E-state index in [9.17, 15) is 4.79 Å². The molecule has 0 spiro atoms. The van der Waals surface area contributed by atoms with Crippen molar-refractivity contribution in [1.82, 2.24) is 24.6 Å². The van der Waals surface area contributed by atoms with Crippen LogP contribution in [0.25, 0.3) is 5.95 Å². The number of hydrogen-bond donors (Lipinski definition) is 1. The monoisotopic (exact) mass is 362 g/mol. The molecule has 1 N–H and O–H groups in total. The Hall–Kier alpha value is -3.22. The Bertz CT molecular complexity index is 950. The highest BCUT2D eigenvalue weighted by Gasteiger charge is 2.31. The van der Waals surface area contributed by atoms with Crippen LogP contribution >= 0.6 is 0 Å². The van der Waals surface area contributed by atoms with Crippen molar-refractivity contribution >= 4 is 11.7 Å². The maximum Gasteiger partial charge on any atom is 0.321 e. The summed E-state index contributed by atoms with van der Waals surface area (Å²) in [4.78, 5) is 23.0. The molecule has 2 amide bonds. The second-order valence-electron chi connectivity index (χ2n) is 7.37. The third-order valence-corrected chi connectivity index (χ3v) is 4.86. The van der Waals surface area contributed by atoms with Crippen LogP contribution in [-0.4, -0.2) is 43.8 Å². The minimum atomic E-state index is -0.121. The number of nitrogens with zero attached hydrogens (tertiary/aromatic N) is 5. The van der Waals surface area contributed by atoms with E-state index in [4.69, 9.17) is 0 Å². The maximum atomic E-state index is 12.9. The van der Waals surface area contributed by atoms with E-state index in [1.807, 2.05) is 4.90 Å². The van der Waals surface area contributed by atoms with E-state index < -0.39 is 0 Å². The molecule has 1 aliphatic rings. The lowest BCUT2D eigenvalue weighted by Gasteiger charge is -2.30. The van der Waals surface area contributed by atoms with Gasteiger partial charge in [-0.3, -0.25) is 0 Å². The number of urea groups is 1. The van der Waals surface area contributed by atoms with Crippen molar-refractivity contribution in [3.63, 3.8) is 0 Å². The first-order chi connectivity index (χ1) is 13.0. The Kier molecular flexibility index (Phi) is 4.35. The maximum absolute atomic E-state index is 12.9. The molecule has 0 fully saturated rings. The summed E-state index contributed by atoms with van der Waals surface area (Å²) in [6.07, 6.45) is 7.47. The Balaban J connectivity index is 1.49. The van der Waals surface area contributed by atoms with Gasteiger partial charge in [0.1, 0.15) is 0 Å². The molecule has 0 bridgehead atoms. The van der Waals surface area contributed by atoms with Gasteiger partial charge >= 0.3 is 6.03 Å². The number of anilines is 1. The van der Waals surface area contributed by atoms with Gasteiger partial charge in [-0.05, 0) is 23.6 Å². The molecular weight excluding hydrogens is 340 g/mol. The molecule has 0 unspecified atom stereocenters. The van der Waals surface area contributed by atoms with Crippen LogP contribution in [0.4, 0.5) is 10.5 Å². The number of carbonyl (C=O) groups is 1. The van der Waals surface area contributed by atoms with Gasteiger partial charge in [0.05, 0.1) is 18.1 Å². The van der Waals surface area contributed by atoms with Crippen molar-refractivity contribution in [2.24, 2.45) is 0 Å². The van der Waals surface area contributed by atoms with E-state index in [1.165, 1.54) is 15.8 Å². The second-order valence-corrected chi connectivity index (χ2v) is 7.37. The number of aromatic nitrogens is 4. The van der Waals surface area contributed by atoms with Crippen LogP contribution in [0.3, 0.4) is 0 Å². The number of fused-ring (bicyclic) bond motifs is 1. The van der Waals surface area contributed by atoms with E-state index in [0.717, 1.165) is 6.42 Å². The molecule has 2 aromatic heterocycles. The van der Waals surface area contributed by atoms with Crippen LogP contribution in [0.2, 0.25) is 0 Å². The van der Waals surface area contributed by atoms with Crippen molar-refractivity contribution in [2.45, 2.75) is 25.7 Å². The summed E-state index contributed by atoms with van der Waals surface area (Å²) in [6.45, 7) is 5.71. The minimum Gasteiger partial charge on any atom is -0.323 e. The number of carbonyl (C=O) groups excluding carboxylic acids is 1. The summed E-state index contributed by atoms with van der Waals surface area (Å²) < 4.78 is 1.54. The molecule has 138 valence electrons. The number of hydrogen-bond acceptors (Lipinski definition) is 4. The quantitative estimate of drug-likeness (QED) is 0.760. The molecule has 7 heteroatoms. The zero-order chi connectivity index (χ0) is 18.9. The topological polar surface area (TPSA) is 75.9 Å². The van der Waals surface area contributed by atoms with Gasteiger partial charge in [0, 0.05) is 30.9 Å². The Morgan fingerprint density at radius 3 is 2.74 bits per heavy atom. The summed E-state index contributed by atoms with van der Waals surface area (Å²) in [7, 11) is 0. The summed E-state index contributed by atoms with van der Waals surface area (Å²) in [6, 6.07) is 10.1. The van der Waals surface area contributed by atoms with Crippen molar-refractivity contribution < 1.29 is 4.79 Å². The molecule has 7 nitrogen and oxygen atoms in total. The molecule has 0 atom stereocenters. The molecule has 1 aliphatic heterocycles. The average molecular weight is 362 g/mol. The predicted octanol–water partition coefficient (Wildman–Crippen LogP) is 3.03. The first-order valence-electron chi connectivity index (χ1n) is 8.99. The SMILES string of the molecule is CC1(C)CN(C(=O)Nc2cnn(-c3ncccn3)c2)CCc2ccccc21. The molecule has 27 heavy (non-hydrogen) atoms. The average Bonchev–Trinajstić information content (AvgIpc) is 3.09. The Labute approximate surface area is 158 Å². The van der Waals surface area contributed by atoms with Crippen LogP contribution < -0.4 is 5.32 Å². The Morgan fingerprint density at radius 1 is 1.15 bits per heavy atom. The standard InChI is InChI=1S/C20H22N6O/c1-20(2)14-25(11-8-15-6-3-4-7-17(15)20)19(27)24-16-12-23-26(13-16)18-21-9-5-10-22-18/h3-7,9-10,12-13H,8,11,14H2,1-2H3,(H,24,27). The molecular formula is C20H22N6O. The Morgan fingerprint density at radius 2 is 1.93 bits per heavy atom. The summed E-state index contributed by atoms with van der Waals surface area (Å²) in [5.41, 5.74) is 3.14. The fourth-order valence-electron chi connectivity index (χ4n) is 3.58. The van der Waals surface area contributed by atoms with E-state index in [-0.39, 0.29) is 11.4 Å². The van der Waals surface area contributed by atoms with Gasteiger partial charge in [0.15, 0.2) is 0 Å². The number of benzene rings is 1. The summed E-state index contributed by atoms with van der Waals surface area (Å²) in [5, 5.41) is 7.16. The molecule has 1 aromatic carbocycles. The van der Waals surface area contributed by atoms with Crippen molar-refractivity contribution in [3.05, 3.63) is 66.2 Å². The third-order valence-electron chi connectivity index (χ3n) is 4.86. The molecule has 3 aromatic rings. The van der Waals surface area contributed by atoms with Gasteiger partial charge in [-0.25, -0.2) is 19.4 Å². The summed E-state index contributed by atoms with van der Waals surface area (Å²) >= 11 is 0. The fraction of sp³-hybridized carbons (Fsp3) is 0.300. The molecule has 3 heterocycles. The smallest absolute Gasteiger partial charge is 0.321 e. The molecule has 0 radical (unpaired) electrons. The van der Waals surface area contributed by atoms with Crippen LogP contribution in [-0.2, 0) is 11.8 Å². The zero-order valence-electron chi connectivity index (χ0n) is 15.5. The first-order valence-corrected chi connectivity index (χ1v) is 8.99. The molecule has 4 rings (SSSR count). The molecule has 0 saturated heterocycles.